The Morgan fingerprint density at radius 1 is 0.448 bits per heavy atom. The molecule has 3 rings (SSSR count). The molecule has 7 nitrogen and oxygen atoms in total. The largest absolute Gasteiger partial charge is 0.364 e. The van der Waals surface area contributed by atoms with Gasteiger partial charge in [0.1, 0.15) is 0 Å². The Hall–Kier alpha value is -2.35. The predicted molar refractivity (Wildman–Crippen MR) is 107 cm³/mol. The van der Waals surface area contributed by atoms with Gasteiger partial charge in [0.15, 0.2) is 26.0 Å². The topological polar surface area (TPSA) is 138 Å². The summed E-state index contributed by atoms with van der Waals surface area (Å²) in [4.78, 5) is 0. The SMILES string of the molecule is O=P(c1ccc(C(O)O)cc1)(c1ccc(C(O)O)cc1)c1ccc(C(O)O)cc1. The molecule has 3 aromatic carbocycles. The molecule has 3 aromatic rings. The van der Waals surface area contributed by atoms with Crippen molar-refractivity contribution in [2.24, 2.45) is 0 Å². The van der Waals surface area contributed by atoms with E-state index in [0.29, 0.717) is 15.9 Å². The van der Waals surface area contributed by atoms with Crippen LogP contribution >= 0.6 is 7.14 Å². The molecule has 0 unspecified atom stereocenters. The van der Waals surface area contributed by atoms with Gasteiger partial charge in [-0.25, -0.2) is 0 Å². The molecule has 6 N–H and O–H groups in total. The summed E-state index contributed by atoms with van der Waals surface area (Å²) in [5.41, 5.74) is 0.744. The van der Waals surface area contributed by atoms with E-state index in [1.54, 1.807) is 36.4 Å². The van der Waals surface area contributed by atoms with Crippen molar-refractivity contribution in [2.45, 2.75) is 18.9 Å². The van der Waals surface area contributed by atoms with Gasteiger partial charge in [0.25, 0.3) is 0 Å². The van der Waals surface area contributed by atoms with Crippen molar-refractivity contribution in [1.29, 1.82) is 0 Å². The van der Waals surface area contributed by atoms with Crippen LogP contribution < -0.4 is 15.9 Å². The zero-order chi connectivity index (χ0) is 21.2. The quantitative estimate of drug-likeness (QED) is 0.251. The minimum Gasteiger partial charge on any atom is -0.364 e. The van der Waals surface area contributed by atoms with Crippen LogP contribution in [0.15, 0.2) is 72.8 Å². The predicted octanol–water partition coefficient (Wildman–Crippen LogP) is 0.276. The van der Waals surface area contributed by atoms with Gasteiger partial charge in [0.2, 0.25) is 0 Å². The summed E-state index contributed by atoms with van der Waals surface area (Å²) >= 11 is 0. The number of hydrogen-bond acceptors (Lipinski definition) is 7. The standard InChI is InChI=1S/C21H21O7P/c22-19(23)13-1-7-16(8-2-13)29(28,17-9-3-14(4-10-17)20(24)25)18-11-5-15(6-12-18)21(26)27/h1-12,19-27H. The van der Waals surface area contributed by atoms with Crippen LogP contribution in [-0.4, -0.2) is 30.6 Å². The lowest BCUT2D eigenvalue weighted by molar-refractivity contribution is -0.0430. The first-order chi connectivity index (χ1) is 13.7. The van der Waals surface area contributed by atoms with Gasteiger partial charge in [-0.3, -0.25) is 0 Å². The summed E-state index contributed by atoms with van der Waals surface area (Å²) in [5, 5.41) is 57.1. The molecule has 0 radical (unpaired) electrons. The summed E-state index contributed by atoms with van der Waals surface area (Å²) < 4.78 is 14.3. The lowest BCUT2D eigenvalue weighted by Crippen LogP contribution is -2.25. The molecule has 0 spiro atoms. The average molecular weight is 416 g/mol. The zero-order valence-corrected chi connectivity index (χ0v) is 16.1. The smallest absolute Gasteiger partial charge is 0.178 e. The molecule has 0 amide bonds. The van der Waals surface area contributed by atoms with Crippen LogP contribution in [0.5, 0.6) is 0 Å². The Kier molecular flexibility index (Phi) is 6.31. The fraction of sp³-hybridized carbons (Fsp3) is 0.143. The third-order valence-corrected chi connectivity index (χ3v) is 7.74. The Morgan fingerprint density at radius 2 is 0.655 bits per heavy atom. The van der Waals surface area contributed by atoms with E-state index in [1.807, 2.05) is 0 Å². The Morgan fingerprint density at radius 3 is 0.828 bits per heavy atom. The number of benzene rings is 3. The lowest BCUT2D eigenvalue weighted by atomic mass is 10.2. The lowest BCUT2D eigenvalue weighted by Gasteiger charge is -2.21. The highest BCUT2D eigenvalue weighted by molar-refractivity contribution is 7.85. The molecule has 8 heteroatoms. The first-order valence-corrected chi connectivity index (χ1v) is 10.4. The van der Waals surface area contributed by atoms with Crippen molar-refractivity contribution in [1.82, 2.24) is 0 Å². The Bertz CT molecular complexity index is 863. The van der Waals surface area contributed by atoms with Crippen LogP contribution in [0.4, 0.5) is 0 Å². The number of aliphatic hydroxyl groups is 6. The van der Waals surface area contributed by atoms with E-state index in [9.17, 15) is 35.2 Å². The van der Waals surface area contributed by atoms with E-state index >= 15 is 0 Å². The van der Waals surface area contributed by atoms with Gasteiger partial charge >= 0.3 is 0 Å². The molecule has 152 valence electrons. The highest BCUT2D eigenvalue weighted by Gasteiger charge is 2.30. The molecule has 0 aromatic heterocycles. The molecular weight excluding hydrogens is 395 g/mol. The monoisotopic (exact) mass is 416 g/mol. The minimum atomic E-state index is -3.42. The first kappa shape index (κ1) is 21.4. The van der Waals surface area contributed by atoms with Crippen LogP contribution in [0.2, 0.25) is 0 Å². The second-order valence-corrected chi connectivity index (χ2v) is 9.27. The minimum absolute atomic E-state index is 0.248. The second kappa shape index (κ2) is 8.57. The molecular formula is C21H21O7P. The summed E-state index contributed by atoms with van der Waals surface area (Å²) in [6.45, 7) is 0. The van der Waals surface area contributed by atoms with E-state index in [1.165, 1.54) is 36.4 Å². The van der Waals surface area contributed by atoms with Crippen LogP contribution in [0.3, 0.4) is 0 Å². The molecule has 0 atom stereocenters. The summed E-state index contributed by atoms with van der Waals surface area (Å²) in [6, 6.07) is 18.0. The van der Waals surface area contributed by atoms with Crippen LogP contribution in [0, 0.1) is 0 Å². The van der Waals surface area contributed by atoms with Crippen molar-refractivity contribution in [2.75, 3.05) is 0 Å². The first-order valence-electron chi connectivity index (χ1n) is 8.73. The highest BCUT2D eigenvalue weighted by atomic mass is 31.2. The maximum atomic E-state index is 14.3. The maximum absolute atomic E-state index is 14.3. The summed E-state index contributed by atoms with van der Waals surface area (Å²) in [7, 11) is -3.42. The maximum Gasteiger partial charge on any atom is 0.178 e. The van der Waals surface area contributed by atoms with Gasteiger partial charge < -0.3 is 35.2 Å². The van der Waals surface area contributed by atoms with Crippen molar-refractivity contribution >= 4 is 23.1 Å². The van der Waals surface area contributed by atoms with Gasteiger partial charge in [-0.05, 0) is 0 Å². The Balaban J connectivity index is 2.15. The highest BCUT2D eigenvalue weighted by Crippen LogP contribution is 2.42. The molecule has 0 aliphatic carbocycles. The summed E-state index contributed by atoms with van der Waals surface area (Å²) in [5.74, 6) is 0. The Labute approximate surface area is 167 Å². The van der Waals surface area contributed by atoms with Gasteiger partial charge in [-0.2, -0.15) is 0 Å². The van der Waals surface area contributed by atoms with Gasteiger partial charge in [0.05, 0.1) is 0 Å². The van der Waals surface area contributed by atoms with Crippen LogP contribution in [0.1, 0.15) is 35.6 Å². The average Bonchev–Trinajstić information content (AvgIpc) is 2.73. The van der Waals surface area contributed by atoms with E-state index in [0.717, 1.165) is 0 Å². The van der Waals surface area contributed by atoms with E-state index < -0.39 is 26.0 Å². The van der Waals surface area contributed by atoms with Crippen LogP contribution in [0.25, 0.3) is 0 Å². The summed E-state index contributed by atoms with van der Waals surface area (Å²) in [6.07, 6.45) is -4.96. The fourth-order valence-corrected chi connectivity index (χ4v) is 5.62. The fourth-order valence-electron chi connectivity index (χ4n) is 3.02. The molecule has 0 saturated heterocycles. The molecule has 0 fully saturated rings. The molecule has 29 heavy (non-hydrogen) atoms. The van der Waals surface area contributed by atoms with Crippen molar-refractivity contribution < 1.29 is 35.2 Å². The molecule has 0 heterocycles. The van der Waals surface area contributed by atoms with E-state index in [2.05, 4.69) is 0 Å². The normalized spacial score (nSPS) is 12.2. The van der Waals surface area contributed by atoms with E-state index in [-0.39, 0.29) is 16.7 Å². The number of rotatable bonds is 6. The molecule has 0 bridgehead atoms. The molecule has 0 saturated carbocycles. The third-order valence-electron chi connectivity index (χ3n) is 4.66. The van der Waals surface area contributed by atoms with Crippen molar-refractivity contribution in [3.8, 4) is 0 Å². The van der Waals surface area contributed by atoms with Crippen molar-refractivity contribution in [3.63, 3.8) is 0 Å². The number of hydrogen-bond donors (Lipinski definition) is 6. The van der Waals surface area contributed by atoms with Gasteiger partial charge in [-0.15, -0.1) is 0 Å². The van der Waals surface area contributed by atoms with Gasteiger partial charge in [0, 0.05) is 32.6 Å². The van der Waals surface area contributed by atoms with Gasteiger partial charge in [-0.1, -0.05) is 72.8 Å². The van der Waals surface area contributed by atoms with E-state index in [4.69, 9.17) is 0 Å². The second-order valence-electron chi connectivity index (χ2n) is 6.50. The van der Waals surface area contributed by atoms with Crippen LogP contribution in [-0.2, 0) is 4.57 Å². The van der Waals surface area contributed by atoms with Crippen molar-refractivity contribution in [3.05, 3.63) is 89.5 Å². The zero-order valence-electron chi connectivity index (χ0n) is 15.2. The molecule has 0 aliphatic rings. The third kappa shape index (κ3) is 4.32. The molecule has 0 aliphatic heterocycles. The number of aliphatic hydroxyl groups excluding tert-OH is 3.